The Morgan fingerprint density at radius 1 is 1.12 bits per heavy atom. The number of anilines is 1. The van der Waals surface area contributed by atoms with E-state index in [1.54, 1.807) is 30.3 Å². The summed E-state index contributed by atoms with van der Waals surface area (Å²) < 4.78 is 4.89. The SMILES string of the molecule is COc1ccc(N=C[C@H]2C(=O)NC(=O)N(c3ccc(C)cc3)C2=O)nn1. The second-order valence-electron chi connectivity index (χ2n) is 5.49. The van der Waals surface area contributed by atoms with E-state index in [9.17, 15) is 14.4 Å². The van der Waals surface area contributed by atoms with E-state index in [4.69, 9.17) is 4.74 Å². The quantitative estimate of drug-likeness (QED) is 0.656. The fourth-order valence-electron chi connectivity index (χ4n) is 2.30. The van der Waals surface area contributed by atoms with Gasteiger partial charge >= 0.3 is 6.03 Å². The first-order chi connectivity index (χ1) is 12.5. The van der Waals surface area contributed by atoms with E-state index >= 15 is 0 Å². The molecule has 0 spiro atoms. The molecular formula is C17H15N5O4. The molecular weight excluding hydrogens is 338 g/mol. The molecule has 0 saturated carbocycles. The van der Waals surface area contributed by atoms with E-state index in [0.717, 1.165) is 16.7 Å². The molecule has 9 heteroatoms. The lowest BCUT2D eigenvalue weighted by molar-refractivity contribution is -0.131. The van der Waals surface area contributed by atoms with Gasteiger partial charge in [-0.1, -0.05) is 17.7 Å². The van der Waals surface area contributed by atoms with Crippen LogP contribution in [0, 0.1) is 12.8 Å². The molecule has 9 nitrogen and oxygen atoms in total. The number of benzene rings is 1. The topological polar surface area (TPSA) is 114 Å². The number of hydrogen-bond acceptors (Lipinski definition) is 7. The number of ether oxygens (including phenoxy) is 1. The monoisotopic (exact) mass is 353 g/mol. The molecule has 4 amide bonds. The van der Waals surface area contributed by atoms with Crippen LogP contribution in [0.5, 0.6) is 5.88 Å². The summed E-state index contributed by atoms with van der Waals surface area (Å²) in [5, 5.41) is 9.69. The summed E-state index contributed by atoms with van der Waals surface area (Å²) in [4.78, 5) is 41.7. The number of aryl methyl sites for hydroxylation is 1. The Morgan fingerprint density at radius 3 is 2.46 bits per heavy atom. The number of carbonyl (C=O) groups is 3. The van der Waals surface area contributed by atoms with Crippen LogP contribution < -0.4 is 15.0 Å². The first-order valence-electron chi connectivity index (χ1n) is 7.67. The maximum absolute atomic E-state index is 12.7. The van der Waals surface area contributed by atoms with Gasteiger partial charge in [0, 0.05) is 12.3 Å². The molecule has 1 fully saturated rings. The van der Waals surface area contributed by atoms with Crippen molar-refractivity contribution >= 4 is 35.6 Å². The van der Waals surface area contributed by atoms with Crippen molar-refractivity contribution in [1.82, 2.24) is 15.5 Å². The molecule has 1 aliphatic rings. The predicted molar refractivity (Wildman–Crippen MR) is 92.4 cm³/mol. The van der Waals surface area contributed by atoms with Crippen molar-refractivity contribution < 1.29 is 19.1 Å². The first kappa shape index (κ1) is 17.2. The molecule has 26 heavy (non-hydrogen) atoms. The molecule has 2 heterocycles. The largest absolute Gasteiger partial charge is 0.480 e. The highest BCUT2D eigenvalue weighted by molar-refractivity contribution is 6.32. The number of carbonyl (C=O) groups excluding carboxylic acids is 3. The van der Waals surface area contributed by atoms with Gasteiger partial charge in [0.2, 0.25) is 11.8 Å². The number of nitrogens with zero attached hydrogens (tertiary/aromatic N) is 4. The Bertz CT molecular complexity index is 877. The first-order valence-corrected chi connectivity index (χ1v) is 7.67. The van der Waals surface area contributed by atoms with Crippen molar-refractivity contribution in [2.75, 3.05) is 12.0 Å². The Balaban J connectivity index is 1.84. The third-order valence-corrected chi connectivity index (χ3v) is 3.69. The normalized spacial score (nSPS) is 17.5. The minimum Gasteiger partial charge on any atom is -0.480 e. The zero-order chi connectivity index (χ0) is 18.7. The minimum atomic E-state index is -1.25. The Labute approximate surface area is 148 Å². The van der Waals surface area contributed by atoms with E-state index < -0.39 is 23.8 Å². The summed E-state index contributed by atoms with van der Waals surface area (Å²) in [5.74, 6) is -2.17. The van der Waals surface area contributed by atoms with Gasteiger partial charge in [-0.2, -0.15) is 0 Å². The number of amides is 4. The van der Waals surface area contributed by atoms with Crippen molar-refractivity contribution in [3.8, 4) is 5.88 Å². The number of imide groups is 2. The van der Waals surface area contributed by atoms with Crippen molar-refractivity contribution in [3.63, 3.8) is 0 Å². The van der Waals surface area contributed by atoms with E-state index in [2.05, 4.69) is 20.5 Å². The number of methoxy groups -OCH3 is 1. The van der Waals surface area contributed by atoms with Crippen LogP contribution in [0.25, 0.3) is 0 Å². The maximum Gasteiger partial charge on any atom is 0.335 e. The van der Waals surface area contributed by atoms with Crippen LogP contribution >= 0.6 is 0 Å². The summed E-state index contributed by atoms with van der Waals surface area (Å²) in [6.45, 7) is 1.89. The number of hydrogen-bond donors (Lipinski definition) is 1. The molecule has 0 aliphatic carbocycles. The zero-order valence-corrected chi connectivity index (χ0v) is 14.0. The summed E-state index contributed by atoms with van der Waals surface area (Å²) in [7, 11) is 1.45. The Kier molecular flexibility index (Phi) is 4.70. The third kappa shape index (κ3) is 3.41. The van der Waals surface area contributed by atoms with E-state index in [-0.39, 0.29) is 5.82 Å². The summed E-state index contributed by atoms with van der Waals surface area (Å²) in [6, 6.07) is 9.07. The van der Waals surface area contributed by atoms with E-state index in [1.165, 1.54) is 13.2 Å². The number of nitrogens with one attached hydrogen (secondary N) is 1. The number of aromatic nitrogens is 2. The van der Waals surface area contributed by atoms with Crippen LogP contribution in [-0.2, 0) is 9.59 Å². The van der Waals surface area contributed by atoms with Gasteiger partial charge in [0.05, 0.1) is 12.8 Å². The van der Waals surface area contributed by atoms with Crippen LogP contribution in [-0.4, -0.2) is 41.4 Å². The van der Waals surface area contributed by atoms with Crippen LogP contribution in [0.4, 0.5) is 16.3 Å². The third-order valence-electron chi connectivity index (χ3n) is 3.69. The summed E-state index contributed by atoms with van der Waals surface area (Å²) in [5.41, 5.74) is 1.35. The summed E-state index contributed by atoms with van der Waals surface area (Å²) in [6.07, 6.45) is 1.14. The Morgan fingerprint density at radius 2 is 1.85 bits per heavy atom. The fourth-order valence-corrected chi connectivity index (χ4v) is 2.30. The van der Waals surface area contributed by atoms with Crippen LogP contribution in [0.3, 0.4) is 0 Å². The average molecular weight is 353 g/mol. The lowest BCUT2D eigenvalue weighted by Crippen LogP contribution is -2.58. The highest BCUT2D eigenvalue weighted by atomic mass is 16.5. The molecule has 0 unspecified atom stereocenters. The molecule has 2 aromatic rings. The zero-order valence-electron chi connectivity index (χ0n) is 14.0. The molecule has 1 aromatic heterocycles. The van der Waals surface area contributed by atoms with Gasteiger partial charge in [-0.3, -0.25) is 14.9 Å². The molecule has 1 N–H and O–H groups in total. The smallest absolute Gasteiger partial charge is 0.335 e. The van der Waals surface area contributed by atoms with E-state index in [1.807, 2.05) is 6.92 Å². The Hall–Kier alpha value is -3.62. The minimum absolute atomic E-state index is 0.199. The lowest BCUT2D eigenvalue weighted by Gasteiger charge is -2.28. The standard InChI is InChI=1S/C17H15N5O4/c1-10-3-5-11(6-4-10)22-16(24)12(15(23)19-17(22)25)9-18-13-7-8-14(26-2)21-20-13/h3-9,12H,1-2H3,(H,19,23,25)/t12-/m0/s1. The molecule has 132 valence electrons. The van der Waals surface area contributed by atoms with Crippen LogP contribution in [0.2, 0.25) is 0 Å². The van der Waals surface area contributed by atoms with Gasteiger partial charge in [0.15, 0.2) is 11.7 Å². The highest BCUT2D eigenvalue weighted by Gasteiger charge is 2.40. The van der Waals surface area contributed by atoms with Gasteiger partial charge in [-0.05, 0) is 25.1 Å². The molecule has 1 aliphatic heterocycles. The second kappa shape index (κ2) is 7.09. The average Bonchev–Trinajstić information content (AvgIpc) is 2.63. The molecule has 0 bridgehead atoms. The molecule has 1 atom stereocenters. The van der Waals surface area contributed by atoms with Gasteiger partial charge in [-0.15, -0.1) is 10.2 Å². The number of urea groups is 1. The molecule has 0 radical (unpaired) electrons. The maximum atomic E-state index is 12.7. The second-order valence-corrected chi connectivity index (χ2v) is 5.49. The number of aliphatic imine (C=N–C) groups is 1. The number of barbiturate groups is 1. The lowest BCUT2D eigenvalue weighted by atomic mass is 10.1. The fraction of sp³-hybridized carbons (Fsp3) is 0.176. The molecule has 1 saturated heterocycles. The van der Waals surface area contributed by atoms with Crippen LogP contribution in [0.1, 0.15) is 5.56 Å². The highest BCUT2D eigenvalue weighted by Crippen LogP contribution is 2.21. The summed E-state index contributed by atoms with van der Waals surface area (Å²) >= 11 is 0. The van der Waals surface area contributed by atoms with E-state index in [0.29, 0.717) is 11.6 Å². The van der Waals surface area contributed by atoms with Gasteiger partial charge < -0.3 is 4.74 Å². The van der Waals surface area contributed by atoms with Crippen molar-refractivity contribution in [1.29, 1.82) is 0 Å². The number of rotatable bonds is 4. The predicted octanol–water partition coefficient (Wildman–Crippen LogP) is 1.40. The van der Waals surface area contributed by atoms with Crippen molar-refractivity contribution in [2.45, 2.75) is 6.92 Å². The van der Waals surface area contributed by atoms with Gasteiger partial charge in [0.1, 0.15) is 0 Å². The van der Waals surface area contributed by atoms with Crippen molar-refractivity contribution in [2.24, 2.45) is 10.9 Å². The van der Waals surface area contributed by atoms with Crippen molar-refractivity contribution in [3.05, 3.63) is 42.0 Å². The molecule has 1 aromatic carbocycles. The molecule has 3 rings (SSSR count). The van der Waals surface area contributed by atoms with Gasteiger partial charge in [0.25, 0.3) is 5.91 Å². The van der Waals surface area contributed by atoms with Crippen LogP contribution in [0.15, 0.2) is 41.4 Å². The van der Waals surface area contributed by atoms with Gasteiger partial charge in [-0.25, -0.2) is 14.7 Å².